The third-order valence-electron chi connectivity index (χ3n) is 2.99. The van der Waals surface area contributed by atoms with Crippen LogP contribution in [0.5, 0.6) is 5.75 Å². The molecule has 6 heteroatoms. The van der Waals surface area contributed by atoms with Gasteiger partial charge in [-0.25, -0.2) is 0 Å². The molecular weight excluding hydrogens is 262 g/mol. The van der Waals surface area contributed by atoms with E-state index in [0.717, 1.165) is 31.0 Å². The molecule has 1 aliphatic rings. The van der Waals surface area contributed by atoms with Crippen LogP contribution in [0.2, 0.25) is 0 Å². The van der Waals surface area contributed by atoms with Crippen LogP contribution in [0.3, 0.4) is 0 Å². The maximum atomic E-state index is 5.49. The maximum absolute atomic E-state index is 5.49. The highest BCUT2D eigenvalue weighted by Crippen LogP contribution is 2.26. The lowest BCUT2D eigenvalue weighted by molar-refractivity contribution is 0.357. The minimum Gasteiger partial charge on any atom is -0.493 e. The summed E-state index contributed by atoms with van der Waals surface area (Å²) in [5, 5.41) is 8.34. The molecule has 1 aromatic carbocycles. The van der Waals surface area contributed by atoms with E-state index in [2.05, 4.69) is 28.4 Å². The largest absolute Gasteiger partial charge is 0.493 e. The summed E-state index contributed by atoms with van der Waals surface area (Å²) in [5.74, 6) is 2.42. The van der Waals surface area contributed by atoms with Crippen LogP contribution in [-0.4, -0.2) is 22.6 Å². The standard InChI is InChI=1S/C13H15N3O2S/c14-8-12-15-16-13(18-12)19-6-4-9-1-2-11-10(7-9)3-5-17-11/h1-2,7H,3-6,8,14H2. The van der Waals surface area contributed by atoms with E-state index < -0.39 is 0 Å². The smallest absolute Gasteiger partial charge is 0.276 e. The van der Waals surface area contributed by atoms with Gasteiger partial charge in [0, 0.05) is 12.2 Å². The predicted octanol–water partition coefficient (Wildman–Crippen LogP) is 1.80. The normalized spacial score (nSPS) is 13.3. The molecule has 0 unspecified atom stereocenters. The molecule has 5 nitrogen and oxygen atoms in total. The number of rotatable bonds is 5. The number of aryl methyl sites for hydroxylation is 1. The third-order valence-corrected chi connectivity index (χ3v) is 3.81. The van der Waals surface area contributed by atoms with Crippen LogP contribution in [0, 0.1) is 0 Å². The van der Waals surface area contributed by atoms with E-state index in [1.807, 2.05) is 0 Å². The number of nitrogens with two attached hydrogens (primary N) is 1. The fourth-order valence-electron chi connectivity index (χ4n) is 2.03. The highest BCUT2D eigenvalue weighted by molar-refractivity contribution is 7.99. The molecule has 3 rings (SSSR count). The molecule has 0 atom stereocenters. The minimum atomic E-state index is 0.290. The first-order valence-electron chi connectivity index (χ1n) is 6.25. The van der Waals surface area contributed by atoms with E-state index in [-0.39, 0.29) is 0 Å². The Morgan fingerprint density at radius 2 is 2.26 bits per heavy atom. The second-order valence-electron chi connectivity index (χ2n) is 4.30. The summed E-state index contributed by atoms with van der Waals surface area (Å²) in [4.78, 5) is 0. The molecule has 2 heterocycles. The van der Waals surface area contributed by atoms with Crippen LogP contribution in [-0.2, 0) is 19.4 Å². The van der Waals surface area contributed by atoms with E-state index in [1.165, 1.54) is 11.1 Å². The van der Waals surface area contributed by atoms with Crippen LogP contribution >= 0.6 is 11.8 Å². The van der Waals surface area contributed by atoms with Crippen molar-refractivity contribution >= 4 is 11.8 Å². The van der Waals surface area contributed by atoms with E-state index in [1.54, 1.807) is 11.8 Å². The van der Waals surface area contributed by atoms with Crippen LogP contribution < -0.4 is 10.5 Å². The molecule has 0 bridgehead atoms. The summed E-state index contributed by atoms with van der Waals surface area (Å²) in [6, 6.07) is 6.40. The third kappa shape index (κ3) is 2.90. The van der Waals surface area contributed by atoms with Crippen molar-refractivity contribution in [2.75, 3.05) is 12.4 Å². The lowest BCUT2D eigenvalue weighted by atomic mass is 10.1. The molecule has 0 radical (unpaired) electrons. The molecule has 0 saturated carbocycles. The lowest BCUT2D eigenvalue weighted by Crippen LogP contribution is -1.95. The number of benzene rings is 1. The molecule has 0 amide bonds. The van der Waals surface area contributed by atoms with Gasteiger partial charge in [-0.05, 0) is 23.6 Å². The van der Waals surface area contributed by atoms with Crippen molar-refractivity contribution in [3.8, 4) is 5.75 Å². The van der Waals surface area contributed by atoms with Gasteiger partial charge in [0.1, 0.15) is 5.75 Å². The average Bonchev–Trinajstić information content (AvgIpc) is 3.06. The number of aromatic nitrogens is 2. The van der Waals surface area contributed by atoms with Gasteiger partial charge in [0.15, 0.2) is 0 Å². The van der Waals surface area contributed by atoms with E-state index in [0.29, 0.717) is 17.7 Å². The average molecular weight is 277 g/mol. The number of ether oxygens (including phenoxy) is 1. The van der Waals surface area contributed by atoms with Crippen LogP contribution in [0.1, 0.15) is 17.0 Å². The Morgan fingerprint density at radius 3 is 3.11 bits per heavy atom. The number of nitrogens with zero attached hydrogens (tertiary/aromatic N) is 2. The zero-order valence-electron chi connectivity index (χ0n) is 10.5. The zero-order chi connectivity index (χ0) is 13.1. The van der Waals surface area contributed by atoms with Crippen molar-refractivity contribution in [3.63, 3.8) is 0 Å². The maximum Gasteiger partial charge on any atom is 0.276 e. The highest BCUT2D eigenvalue weighted by atomic mass is 32.2. The Labute approximate surface area is 115 Å². The van der Waals surface area contributed by atoms with E-state index in [9.17, 15) is 0 Å². The Bertz CT molecular complexity index is 571. The zero-order valence-corrected chi connectivity index (χ0v) is 11.3. The van der Waals surface area contributed by atoms with E-state index >= 15 is 0 Å². The Balaban J connectivity index is 1.54. The van der Waals surface area contributed by atoms with Crippen LogP contribution in [0.4, 0.5) is 0 Å². The fraction of sp³-hybridized carbons (Fsp3) is 0.385. The first-order valence-corrected chi connectivity index (χ1v) is 7.23. The predicted molar refractivity (Wildman–Crippen MR) is 72.3 cm³/mol. The van der Waals surface area contributed by atoms with Crippen LogP contribution in [0.25, 0.3) is 0 Å². The Hall–Kier alpha value is -1.53. The first kappa shape index (κ1) is 12.5. The van der Waals surface area contributed by atoms with Gasteiger partial charge >= 0.3 is 0 Å². The molecule has 2 N–H and O–H groups in total. The van der Waals surface area contributed by atoms with Gasteiger partial charge in [-0.2, -0.15) is 0 Å². The van der Waals surface area contributed by atoms with Crippen molar-refractivity contribution in [2.24, 2.45) is 5.73 Å². The fourth-order valence-corrected chi connectivity index (χ4v) is 2.80. The van der Waals surface area contributed by atoms with Gasteiger partial charge in [0.25, 0.3) is 5.22 Å². The lowest BCUT2D eigenvalue weighted by Gasteiger charge is -2.03. The van der Waals surface area contributed by atoms with Gasteiger partial charge in [-0.1, -0.05) is 23.9 Å². The quantitative estimate of drug-likeness (QED) is 0.840. The highest BCUT2D eigenvalue weighted by Gasteiger charge is 2.12. The molecular formula is C13H15N3O2S. The molecule has 1 aliphatic heterocycles. The molecule has 0 fully saturated rings. The van der Waals surface area contributed by atoms with Gasteiger partial charge in [-0.3, -0.25) is 0 Å². The van der Waals surface area contributed by atoms with Crippen molar-refractivity contribution in [2.45, 2.75) is 24.6 Å². The Kier molecular flexibility index (Phi) is 3.70. The first-order chi connectivity index (χ1) is 9.35. The van der Waals surface area contributed by atoms with Gasteiger partial charge < -0.3 is 14.9 Å². The van der Waals surface area contributed by atoms with Gasteiger partial charge in [0.2, 0.25) is 5.89 Å². The van der Waals surface area contributed by atoms with Crippen molar-refractivity contribution in [3.05, 3.63) is 35.2 Å². The summed E-state index contributed by atoms with van der Waals surface area (Å²) in [7, 11) is 0. The Morgan fingerprint density at radius 1 is 1.32 bits per heavy atom. The molecule has 1 aromatic heterocycles. The second-order valence-corrected chi connectivity index (χ2v) is 5.35. The summed E-state index contributed by atoms with van der Waals surface area (Å²) < 4.78 is 10.8. The monoisotopic (exact) mass is 277 g/mol. The summed E-state index contributed by atoms with van der Waals surface area (Å²) in [6.45, 7) is 1.09. The summed E-state index contributed by atoms with van der Waals surface area (Å²) >= 11 is 1.56. The van der Waals surface area contributed by atoms with Crippen LogP contribution in [0.15, 0.2) is 27.8 Å². The molecule has 19 heavy (non-hydrogen) atoms. The van der Waals surface area contributed by atoms with Gasteiger partial charge in [0.05, 0.1) is 13.2 Å². The minimum absolute atomic E-state index is 0.290. The molecule has 2 aromatic rings. The molecule has 0 saturated heterocycles. The molecule has 100 valence electrons. The number of hydrogen-bond acceptors (Lipinski definition) is 6. The number of fused-ring (bicyclic) bond motifs is 1. The van der Waals surface area contributed by atoms with Crippen molar-refractivity contribution < 1.29 is 9.15 Å². The van der Waals surface area contributed by atoms with Gasteiger partial charge in [-0.15, -0.1) is 10.2 Å². The SMILES string of the molecule is NCc1nnc(SCCc2ccc3c(c2)CCO3)o1. The van der Waals surface area contributed by atoms with Crippen molar-refractivity contribution in [1.29, 1.82) is 0 Å². The second kappa shape index (κ2) is 5.63. The van der Waals surface area contributed by atoms with E-state index in [4.69, 9.17) is 14.9 Å². The summed E-state index contributed by atoms with van der Waals surface area (Å²) in [6.07, 6.45) is 1.98. The van der Waals surface area contributed by atoms with Crippen molar-refractivity contribution in [1.82, 2.24) is 10.2 Å². The number of hydrogen-bond donors (Lipinski definition) is 1. The summed E-state index contributed by atoms with van der Waals surface area (Å²) in [5.41, 5.74) is 8.04. The molecule has 0 spiro atoms. The molecule has 0 aliphatic carbocycles. The topological polar surface area (TPSA) is 74.2 Å². The number of thioether (sulfide) groups is 1.